The standard InChI is InChI=1S/C13H28N2O.ClH/c1-13(2,11-16-4)10-15-7-5-6-12(9-15)8-14-3;/h12,14H,5-11H2,1-4H3;1H. The molecular weight excluding hydrogens is 236 g/mol. The molecule has 0 bridgehead atoms. The van der Waals surface area contributed by atoms with Crippen molar-refractivity contribution in [2.24, 2.45) is 11.3 Å². The van der Waals surface area contributed by atoms with E-state index in [1.54, 1.807) is 7.11 Å². The van der Waals surface area contributed by atoms with Gasteiger partial charge in [0.05, 0.1) is 6.61 Å². The molecule has 0 spiro atoms. The molecule has 1 unspecified atom stereocenters. The summed E-state index contributed by atoms with van der Waals surface area (Å²) in [4.78, 5) is 2.60. The third-order valence-corrected chi connectivity index (χ3v) is 3.28. The Morgan fingerprint density at radius 2 is 2.12 bits per heavy atom. The van der Waals surface area contributed by atoms with Crippen LogP contribution in [0.15, 0.2) is 0 Å². The largest absolute Gasteiger partial charge is 0.384 e. The van der Waals surface area contributed by atoms with Gasteiger partial charge in [-0.2, -0.15) is 0 Å². The van der Waals surface area contributed by atoms with E-state index in [2.05, 4.69) is 24.1 Å². The molecule has 0 amide bonds. The lowest BCUT2D eigenvalue weighted by Gasteiger charge is -2.37. The number of methoxy groups -OCH3 is 1. The average Bonchev–Trinajstić information content (AvgIpc) is 2.17. The monoisotopic (exact) mass is 264 g/mol. The minimum atomic E-state index is 0. The zero-order valence-electron chi connectivity index (χ0n) is 11.8. The molecule has 0 aliphatic carbocycles. The van der Waals surface area contributed by atoms with Crippen LogP contribution in [0.3, 0.4) is 0 Å². The van der Waals surface area contributed by atoms with Crippen LogP contribution in [0.4, 0.5) is 0 Å². The number of nitrogens with one attached hydrogen (secondary N) is 1. The Morgan fingerprint density at radius 3 is 2.71 bits per heavy atom. The predicted octanol–water partition coefficient (Wildman–Crippen LogP) is 2.01. The molecule has 1 atom stereocenters. The van der Waals surface area contributed by atoms with Gasteiger partial charge in [-0.05, 0) is 38.9 Å². The van der Waals surface area contributed by atoms with Gasteiger partial charge in [0.2, 0.25) is 0 Å². The van der Waals surface area contributed by atoms with Crippen molar-refractivity contribution in [1.82, 2.24) is 10.2 Å². The van der Waals surface area contributed by atoms with E-state index in [4.69, 9.17) is 4.74 Å². The van der Waals surface area contributed by atoms with Gasteiger partial charge in [0, 0.05) is 25.6 Å². The van der Waals surface area contributed by atoms with Gasteiger partial charge in [0.1, 0.15) is 0 Å². The highest BCUT2D eigenvalue weighted by atomic mass is 35.5. The third-order valence-electron chi connectivity index (χ3n) is 3.28. The summed E-state index contributed by atoms with van der Waals surface area (Å²) in [6.07, 6.45) is 2.72. The molecule has 1 fully saturated rings. The van der Waals surface area contributed by atoms with Crippen molar-refractivity contribution in [2.45, 2.75) is 26.7 Å². The summed E-state index contributed by atoms with van der Waals surface area (Å²) in [5.41, 5.74) is 0.274. The first-order valence-electron chi connectivity index (χ1n) is 6.43. The lowest BCUT2D eigenvalue weighted by Crippen LogP contribution is -2.44. The molecule has 0 aromatic carbocycles. The molecule has 1 N–H and O–H groups in total. The fraction of sp³-hybridized carbons (Fsp3) is 1.00. The first-order chi connectivity index (χ1) is 7.57. The van der Waals surface area contributed by atoms with Crippen LogP contribution >= 0.6 is 12.4 Å². The molecule has 0 saturated carbocycles. The molecule has 0 radical (unpaired) electrons. The molecule has 1 aliphatic heterocycles. The fourth-order valence-electron chi connectivity index (χ4n) is 2.79. The average molecular weight is 265 g/mol. The van der Waals surface area contributed by atoms with E-state index >= 15 is 0 Å². The quantitative estimate of drug-likeness (QED) is 0.794. The molecule has 1 rings (SSSR count). The highest BCUT2D eigenvalue weighted by molar-refractivity contribution is 5.85. The summed E-state index contributed by atoms with van der Waals surface area (Å²) in [6, 6.07) is 0. The van der Waals surface area contributed by atoms with Crippen molar-refractivity contribution in [1.29, 1.82) is 0 Å². The Kier molecular flexibility index (Phi) is 8.39. The SMILES string of the molecule is CNCC1CCCN(CC(C)(C)COC)C1.Cl. The number of hydrogen-bond acceptors (Lipinski definition) is 3. The Hall–Kier alpha value is 0.170. The highest BCUT2D eigenvalue weighted by Crippen LogP contribution is 2.22. The lowest BCUT2D eigenvalue weighted by atomic mass is 9.91. The first-order valence-corrected chi connectivity index (χ1v) is 6.43. The van der Waals surface area contributed by atoms with Gasteiger partial charge in [-0.3, -0.25) is 0 Å². The molecular formula is C13H29ClN2O. The van der Waals surface area contributed by atoms with Gasteiger partial charge in [-0.1, -0.05) is 13.8 Å². The third kappa shape index (κ3) is 6.61. The zero-order valence-corrected chi connectivity index (χ0v) is 12.6. The number of rotatable bonds is 6. The molecule has 4 heteroatoms. The van der Waals surface area contributed by atoms with Crippen LogP contribution in [0.1, 0.15) is 26.7 Å². The van der Waals surface area contributed by atoms with Crippen molar-refractivity contribution >= 4 is 12.4 Å². The second kappa shape index (κ2) is 8.30. The van der Waals surface area contributed by atoms with Crippen molar-refractivity contribution in [3.05, 3.63) is 0 Å². The summed E-state index contributed by atoms with van der Waals surface area (Å²) in [5.74, 6) is 0.831. The van der Waals surface area contributed by atoms with E-state index in [1.165, 1.54) is 25.9 Å². The van der Waals surface area contributed by atoms with Gasteiger partial charge >= 0.3 is 0 Å². The van der Waals surface area contributed by atoms with Gasteiger partial charge in [0.25, 0.3) is 0 Å². The van der Waals surface area contributed by atoms with Crippen molar-refractivity contribution in [3.8, 4) is 0 Å². The second-order valence-electron chi connectivity index (χ2n) is 5.90. The Bertz CT molecular complexity index is 198. The molecule has 3 nitrogen and oxygen atoms in total. The number of piperidine rings is 1. The number of hydrogen-bond donors (Lipinski definition) is 1. The van der Waals surface area contributed by atoms with Crippen molar-refractivity contribution in [3.63, 3.8) is 0 Å². The minimum Gasteiger partial charge on any atom is -0.384 e. The van der Waals surface area contributed by atoms with Crippen LogP contribution in [0.2, 0.25) is 0 Å². The maximum Gasteiger partial charge on any atom is 0.0525 e. The minimum absolute atomic E-state index is 0. The van der Waals surface area contributed by atoms with Crippen LogP contribution in [0.5, 0.6) is 0 Å². The Morgan fingerprint density at radius 1 is 1.41 bits per heavy atom. The van der Waals surface area contributed by atoms with Gasteiger partial charge < -0.3 is 15.0 Å². The van der Waals surface area contributed by atoms with E-state index in [0.29, 0.717) is 0 Å². The maximum absolute atomic E-state index is 5.28. The summed E-state index contributed by atoms with van der Waals surface area (Å²) in [5, 5.41) is 3.29. The number of nitrogens with zero attached hydrogens (tertiary/aromatic N) is 1. The van der Waals surface area contributed by atoms with E-state index in [-0.39, 0.29) is 17.8 Å². The maximum atomic E-state index is 5.28. The van der Waals surface area contributed by atoms with Gasteiger partial charge in [0.15, 0.2) is 0 Å². The Labute approximate surface area is 113 Å². The van der Waals surface area contributed by atoms with Crippen molar-refractivity contribution < 1.29 is 4.74 Å². The second-order valence-corrected chi connectivity index (χ2v) is 5.90. The topological polar surface area (TPSA) is 24.5 Å². The van der Waals surface area contributed by atoms with Crippen LogP contribution in [-0.2, 0) is 4.74 Å². The molecule has 17 heavy (non-hydrogen) atoms. The number of halogens is 1. The van der Waals surface area contributed by atoms with Crippen LogP contribution in [-0.4, -0.2) is 51.8 Å². The molecule has 104 valence electrons. The summed E-state index contributed by atoms with van der Waals surface area (Å²) in [6.45, 7) is 10.2. The molecule has 1 heterocycles. The van der Waals surface area contributed by atoms with E-state index < -0.39 is 0 Å². The number of likely N-dealkylation sites (tertiary alicyclic amines) is 1. The van der Waals surface area contributed by atoms with E-state index in [0.717, 1.165) is 25.6 Å². The first kappa shape index (κ1) is 17.2. The van der Waals surface area contributed by atoms with E-state index in [9.17, 15) is 0 Å². The van der Waals surface area contributed by atoms with E-state index in [1.807, 2.05) is 7.05 Å². The van der Waals surface area contributed by atoms with Crippen LogP contribution < -0.4 is 5.32 Å². The Balaban J connectivity index is 0.00000256. The van der Waals surface area contributed by atoms with Crippen LogP contribution in [0, 0.1) is 11.3 Å². The molecule has 0 aromatic rings. The lowest BCUT2D eigenvalue weighted by molar-refractivity contribution is 0.0537. The highest BCUT2D eigenvalue weighted by Gasteiger charge is 2.25. The van der Waals surface area contributed by atoms with Crippen LogP contribution in [0.25, 0.3) is 0 Å². The van der Waals surface area contributed by atoms with Crippen molar-refractivity contribution in [2.75, 3.05) is 46.9 Å². The van der Waals surface area contributed by atoms with Gasteiger partial charge in [-0.25, -0.2) is 0 Å². The summed E-state index contributed by atoms with van der Waals surface area (Å²) in [7, 11) is 3.84. The summed E-state index contributed by atoms with van der Waals surface area (Å²) < 4.78 is 5.28. The normalized spacial score (nSPS) is 22.2. The zero-order chi connectivity index (χ0) is 12.0. The number of ether oxygens (including phenoxy) is 1. The molecule has 1 aliphatic rings. The molecule has 1 saturated heterocycles. The smallest absolute Gasteiger partial charge is 0.0525 e. The van der Waals surface area contributed by atoms with Gasteiger partial charge in [-0.15, -0.1) is 12.4 Å². The summed E-state index contributed by atoms with van der Waals surface area (Å²) >= 11 is 0. The predicted molar refractivity (Wildman–Crippen MR) is 76.0 cm³/mol. The molecule has 0 aromatic heterocycles. The fourth-order valence-corrected chi connectivity index (χ4v) is 2.79.